The maximum Gasteiger partial charge on any atom is 0.130 e. The van der Waals surface area contributed by atoms with Gasteiger partial charge in [0.25, 0.3) is 0 Å². The number of imidazole rings is 1. The molecule has 0 unspecified atom stereocenters. The van der Waals surface area contributed by atoms with Crippen molar-refractivity contribution >= 4 is 15.9 Å². The molecule has 2 rings (SSSR count). The fourth-order valence-corrected chi connectivity index (χ4v) is 2.40. The molecule has 1 aromatic heterocycles. The van der Waals surface area contributed by atoms with Gasteiger partial charge in [0.2, 0.25) is 0 Å². The minimum Gasteiger partial charge on any atom is -0.487 e. The van der Waals surface area contributed by atoms with E-state index in [9.17, 15) is 0 Å². The van der Waals surface area contributed by atoms with E-state index in [0.717, 1.165) is 41.1 Å². The van der Waals surface area contributed by atoms with Crippen LogP contribution in [0.4, 0.5) is 0 Å². The van der Waals surface area contributed by atoms with Gasteiger partial charge in [0.05, 0.1) is 18.2 Å². The Hall–Kier alpha value is -1.33. The van der Waals surface area contributed by atoms with Crippen molar-refractivity contribution in [2.24, 2.45) is 0 Å². The average molecular weight is 338 g/mol. The van der Waals surface area contributed by atoms with E-state index >= 15 is 0 Å². The lowest BCUT2D eigenvalue weighted by Crippen LogP contribution is -2.13. The molecule has 2 aromatic rings. The first-order valence-electron chi connectivity index (χ1n) is 6.85. The zero-order valence-electron chi connectivity index (χ0n) is 11.9. The van der Waals surface area contributed by atoms with Gasteiger partial charge in [0.15, 0.2) is 0 Å². The molecule has 1 N–H and O–H groups in total. The van der Waals surface area contributed by atoms with E-state index in [-0.39, 0.29) is 0 Å². The SMILES string of the molecule is CCNCc1cc(Br)ccc1OCc1cncn1CC. The van der Waals surface area contributed by atoms with E-state index in [1.165, 1.54) is 0 Å². The lowest BCUT2D eigenvalue weighted by atomic mass is 10.2. The summed E-state index contributed by atoms with van der Waals surface area (Å²) in [5, 5.41) is 3.33. The molecular formula is C15H20BrN3O. The van der Waals surface area contributed by atoms with Crippen molar-refractivity contribution in [2.75, 3.05) is 6.54 Å². The second-order valence-electron chi connectivity index (χ2n) is 4.49. The summed E-state index contributed by atoms with van der Waals surface area (Å²) in [7, 11) is 0. The topological polar surface area (TPSA) is 39.1 Å². The van der Waals surface area contributed by atoms with Crippen molar-refractivity contribution in [1.29, 1.82) is 0 Å². The highest BCUT2D eigenvalue weighted by Crippen LogP contribution is 2.24. The maximum absolute atomic E-state index is 5.95. The molecule has 108 valence electrons. The lowest BCUT2D eigenvalue weighted by Gasteiger charge is -2.13. The summed E-state index contributed by atoms with van der Waals surface area (Å²) in [6, 6.07) is 6.10. The first-order chi connectivity index (χ1) is 9.74. The van der Waals surface area contributed by atoms with Crippen molar-refractivity contribution in [3.8, 4) is 5.75 Å². The summed E-state index contributed by atoms with van der Waals surface area (Å²) in [5.41, 5.74) is 2.24. The second-order valence-corrected chi connectivity index (χ2v) is 5.41. The zero-order valence-corrected chi connectivity index (χ0v) is 13.5. The molecule has 1 aromatic carbocycles. The summed E-state index contributed by atoms with van der Waals surface area (Å²) in [5.74, 6) is 0.915. The van der Waals surface area contributed by atoms with Crippen LogP contribution in [0.2, 0.25) is 0 Å². The lowest BCUT2D eigenvalue weighted by molar-refractivity contribution is 0.291. The number of hydrogen-bond donors (Lipinski definition) is 1. The summed E-state index contributed by atoms with van der Waals surface area (Å²) in [4.78, 5) is 4.15. The van der Waals surface area contributed by atoms with E-state index in [1.807, 2.05) is 24.7 Å². The van der Waals surface area contributed by atoms with Gasteiger partial charge in [-0.2, -0.15) is 0 Å². The third kappa shape index (κ3) is 3.84. The number of ether oxygens (including phenoxy) is 1. The summed E-state index contributed by atoms with van der Waals surface area (Å²) >= 11 is 3.50. The van der Waals surface area contributed by atoms with Crippen LogP contribution in [0.5, 0.6) is 5.75 Å². The fraction of sp³-hybridized carbons (Fsp3) is 0.400. The Labute approximate surface area is 128 Å². The number of nitrogens with one attached hydrogen (secondary N) is 1. The molecule has 20 heavy (non-hydrogen) atoms. The van der Waals surface area contributed by atoms with Crippen LogP contribution in [0, 0.1) is 0 Å². The largest absolute Gasteiger partial charge is 0.487 e. The third-order valence-corrected chi connectivity index (χ3v) is 3.60. The summed E-state index contributed by atoms with van der Waals surface area (Å²) in [6.07, 6.45) is 3.69. The number of aryl methyl sites for hydroxylation is 1. The van der Waals surface area contributed by atoms with Gasteiger partial charge in [-0.3, -0.25) is 0 Å². The molecular weight excluding hydrogens is 318 g/mol. The van der Waals surface area contributed by atoms with E-state index in [4.69, 9.17) is 4.74 Å². The Bertz CT molecular complexity index is 554. The van der Waals surface area contributed by atoms with Gasteiger partial charge in [-0.15, -0.1) is 0 Å². The van der Waals surface area contributed by atoms with E-state index in [0.29, 0.717) is 6.61 Å². The van der Waals surface area contributed by atoms with Crippen LogP contribution in [0.15, 0.2) is 35.2 Å². The zero-order chi connectivity index (χ0) is 14.4. The number of rotatable bonds is 7. The van der Waals surface area contributed by atoms with Crippen LogP contribution in [-0.2, 0) is 19.7 Å². The van der Waals surface area contributed by atoms with Gasteiger partial charge in [-0.1, -0.05) is 22.9 Å². The number of hydrogen-bond acceptors (Lipinski definition) is 3. The Morgan fingerprint density at radius 2 is 2.20 bits per heavy atom. The normalized spacial score (nSPS) is 10.8. The Balaban J connectivity index is 2.08. The van der Waals surface area contributed by atoms with Gasteiger partial charge in [-0.05, 0) is 31.7 Å². The monoisotopic (exact) mass is 337 g/mol. The van der Waals surface area contributed by atoms with E-state index in [1.54, 1.807) is 0 Å². The smallest absolute Gasteiger partial charge is 0.130 e. The molecule has 0 aliphatic rings. The molecule has 0 aliphatic heterocycles. The maximum atomic E-state index is 5.95. The number of nitrogens with zero attached hydrogens (tertiary/aromatic N) is 2. The average Bonchev–Trinajstić information content (AvgIpc) is 2.91. The van der Waals surface area contributed by atoms with Crippen LogP contribution in [0.3, 0.4) is 0 Å². The standard InChI is InChI=1S/C15H20BrN3O/c1-3-17-8-12-7-13(16)5-6-15(12)20-10-14-9-18-11-19(14)4-2/h5-7,9,11,17H,3-4,8,10H2,1-2H3. The van der Waals surface area contributed by atoms with Crippen molar-refractivity contribution in [3.05, 3.63) is 46.5 Å². The van der Waals surface area contributed by atoms with Gasteiger partial charge in [0, 0.05) is 23.1 Å². The van der Waals surface area contributed by atoms with E-state index < -0.39 is 0 Å². The molecule has 0 amide bonds. The van der Waals surface area contributed by atoms with Crippen molar-refractivity contribution < 1.29 is 4.74 Å². The Kier molecular flexibility index (Phi) is 5.61. The molecule has 5 heteroatoms. The van der Waals surface area contributed by atoms with Gasteiger partial charge in [-0.25, -0.2) is 4.98 Å². The molecule has 0 spiro atoms. The van der Waals surface area contributed by atoms with Gasteiger partial charge in [0.1, 0.15) is 12.4 Å². The third-order valence-electron chi connectivity index (χ3n) is 3.10. The fourth-order valence-electron chi connectivity index (χ4n) is 1.99. The predicted octanol–water partition coefficient (Wildman–Crippen LogP) is 3.35. The van der Waals surface area contributed by atoms with Crippen LogP contribution < -0.4 is 10.1 Å². The highest BCUT2D eigenvalue weighted by molar-refractivity contribution is 9.10. The van der Waals surface area contributed by atoms with Crippen LogP contribution in [0.25, 0.3) is 0 Å². The molecule has 4 nitrogen and oxygen atoms in total. The summed E-state index contributed by atoms with van der Waals surface area (Å²) < 4.78 is 9.11. The van der Waals surface area contributed by atoms with Gasteiger partial charge >= 0.3 is 0 Å². The molecule has 0 saturated carbocycles. The van der Waals surface area contributed by atoms with Crippen LogP contribution in [0.1, 0.15) is 25.1 Å². The molecule has 0 atom stereocenters. The van der Waals surface area contributed by atoms with Crippen molar-refractivity contribution in [3.63, 3.8) is 0 Å². The second kappa shape index (κ2) is 7.45. The number of aromatic nitrogens is 2. The van der Waals surface area contributed by atoms with Crippen molar-refractivity contribution in [1.82, 2.24) is 14.9 Å². The molecule has 0 bridgehead atoms. The Morgan fingerprint density at radius 1 is 1.35 bits per heavy atom. The van der Waals surface area contributed by atoms with E-state index in [2.05, 4.69) is 50.7 Å². The number of halogens is 1. The first-order valence-corrected chi connectivity index (χ1v) is 7.64. The molecule has 0 aliphatic carbocycles. The molecule has 1 heterocycles. The summed E-state index contributed by atoms with van der Waals surface area (Å²) in [6.45, 7) is 7.38. The predicted molar refractivity (Wildman–Crippen MR) is 83.8 cm³/mol. The Morgan fingerprint density at radius 3 is 2.95 bits per heavy atom. The molecule has 0 radical (unpaired) electrons. The first kappa shape index (κ1) is 15.1. The van der Waals surface area contributed by atoms with Crippen LogP contribution >= 0.6 is 15.9 Å². The van der Waals surface area contributed by atoms with Crippen molar-refractivity contribution in [2.45, 2.75) is 33.5 Å². The minimum absolute atomic E-state index is 0.536. The number of benzene rings is 1. The van der Waals surface area contributed by atoms with Crippen LogP contribution in [-0.4, -0.2) is 16.1 Å². The van der Waals surface area contributed by atoms with Gasteiger partial charge < -0.3 is 14.6 Å². The highest BCUT2D eigenvalue weighted by atomic mass is 79.9. The minimum atomic E-state index is 0.536. The molecule has 0 saturated heterocycles. The quantitative estimate of drug-likeness (QED) is 0.841. The highest BCUT2D eigenvalue weighted by Gasteiger charge is 2.07. The molecule has 0 fully saturated rings.